The van der Waals surface area contributed by atoms with Crippen LogP contribution in [0.2, 0.25) is 0 Å². The van der Waals surface area contributed by atoms with Crippen LogP contribution in [-0.4, -0.2) is 31.5 Å². The predicted octanol–water partition coefficient (Wildman–Crippen LogP) is 2.41. The molecule has 0 fully saturated rings. The molecule has 0 saturated carbocycles. The molecule has 0 atom stereocenters. The van der Waals surface area contributed by atoms with E-state index in [0.29, 0.717) is 6.54 Å². The Morgan fingerprint density at radius 1 is 1.24 bits per heavy atom. The molecule has 0 spiro atoms. The summed E-state index contributed by atoms with van der Waals surface area (Å²) in [5.74, 6) is 0.177. The summed E-state index contributed by atoms with van der Waals surface area (Å²) in [7, 11) is -2.95. The lowest BCUT2D eigenvalue weighted by Gasteiger charge is -2.08. The van der Waals surface area contributed by atoms with Crippen molar-refractivity contribution in [1.82, 2.24) is 9.88 Å². The number of nitrogens with zero attached hydrogens (tertiary/aromatic N) is 1. The van der Waals surface area contributed by atoms with Crippen molar-refractivity contribution in [3.05, 3.63) is 35.0 Å². The first-order valence-corrected chi connectivity index (χ1v) is 9.36. The highest BCUT2D eigenvalue weighted by molar-refractivity contribution is 7.90. The number of rotatable bonds is 6. The average molecular weight is 308 g/mol. The van der Waals surface area contributed by atoms with Gasteiger partial charge in [0.25, 0.3) is 0 Å². The molecule has 5 heteroatoms. The highest BCUT2D eigenvalue weighted by Crippen LogP contribution is 2.26. The fraction of sp³-hybridized carbons (Fsp3) is 0.500. The molecular weight excluding hydrogens is 284 g/mol. The van der Waals surface area contributed by atoms with Crippen LogP contribution in [0, 0.1) is 13.8 Å². The van der Waals surface area contributed by atoms with E-state index in [1.54, 1.807) is 0 Å². The normalized spacial score (nSPS) is 12.2. The zero-order chi connectivity index (χ0) is 15.6. The second-order valence-electron chi connectivity index (χ2n) is 5.62. The number of fused-ring (bicyclic) bond motifs is 1. The van der Waals surface area contributed by atoms with Crippen molar-refractivity contribution in [2.45, 2.75) is 33.9 Å². The van der Waals surface area contributed by atoms with E-state index in [1.807, 2.05) is 0 Å². The van der Waals surface area contributed by atoms with Gasteiger partial charge in [-0.25, -0.2) is 8.42 Å². The first-order valence-electron chi connectivity index (χ1n) is 7.30. The fourth-order valence-corrected chi connectivity index (χ4v) is 3.14. The van der Waals surface area contributed by atoms with E-state index in [9.17, 15) is 8.42 Å². The van der Waals surface area contributed by atoms with Crippen LogP contribution < -0.4 is 5.32 Å². The van der Waals surface area contributed by atoms with Crippen LogP contribution in [0.3, 0.4) is 0 Å². The summed E-state index contributed by atoms with van der Waals surface area (Å²) in [5, 5.41) is 4.55. The van der Waals surface area contributed by atoms with Gasteiger partial charge in [-0.2, -0.15) is 0 Å². The molecule has 4 nitrogen and oxygen atoms in total. The molecule has 0 aliphatic heterocycles. The summed E-state index contributed by atoms with van der Waals surface area (Å²) in [6.07, 6.45) is 1.29. The minimum Gasteiger partial charge on any atom is -0.344 e. The third kappa shape index (κ3) is 3.66. The minimum atomic E-state index is -2.95. The smallest absolute Gasteiger partial charge is 0.149 e. The SMILES string of the molecule is CCNCc1ccc2c(c1)c(C)c(C)n2CCS(C)(=O)=O. The van der Waals surface area contributed by atoms with Gasteiger partial charge in [0.2, 0.25) is 0 Å². The molecule has 0 saturated heterocycles. The zero-order valence-corrected chi connectivity index (χ0v) is 14.0. The van der Waals surface area contributed by atoms with Gasteiger partial charge in [-0.1, -0.05) is 13.0 Å². The van der Waals surface area contributed by atoms with Crippen LogP contribution in [-0.2, 0) is 22.9 Å². The number of aromatic nitrogens is 1. The topological polar surface area (TPSA) is 51.1 Å². The first kappa shape index (κ1) is 16.0. The van der Waals surface area contributed by atoms with E-state index < -0.39 is 9.84 Å². The van der Waals surface area contributed by atoms with Crippen molar-refractivity contribution in [3.8, 4) is 0 Å². The van der Waals surface area contributed by atoms with Crippen LogP contribution in [0.1, 0.15) is 23.7 Å². The predicted molar refractivity (Wildman–Crippen MR) is 88.5 cm³/mol. The summed E-state index contributed by atoms with van der Waals surface area (Å²) in [4.78, 5) is 0. The quantitative estimate of drug-likeness (QED) is 0.891. The third-order valence-corrected chi connectivity index (χ3v) is 4.89. The Morgan fingerprint density at radius 3 is 2.57 bits per heavy atom. The van der Waals surface area contributed by atoms with Gasteiger partial charge in [-0.3, -0.25) is 0 Å². The lowest BCUT2D eigenvalue weighted by Crippen LogP contribution is -2.12. The molecule has 0 radical (unpaired) electrons. The number of nitrogens with one attached hydrogen (secondary N) is 1. The Balaban J connectivity index is 2.40. The van der Waals surface area contributed by atoms with Gasteiger partial charge < -0.3 is 9.88 Å². The maximum Gasteiger partial charge on any atom is 0.149 e. The van der Waals surface area contributed by atoms with Gasteiger partial charge in [0.1, 0.15) is 9.84 Å². The summed E-state index contributed by atoms with van der Waals surface area (Å²) in [6.45, 7) is 8.58. The van der Waals surface area contributed by atoms with E-state index in [0.717, 1.165) is 24.3 Å². The standard InChI is InChI=1S/C16H24N2O2S/c1-5-17-11-14-6-7-16-15(10-14)12(2)13(3)18(16)8-9-21(4,19)20/h6-7,10,17H,5,8-9,11H2,1-4H3. The molecule has 2 rings (SSSR count). The second kappa shape index (κ2) is 6.20. The Labute approximate surface area is 127 Å². The van der Waals surface area contributed by atoms with Crippen molar-refractivity contribution in [1.29, 1.82) is 0 Å². The Hall–Kier alpha value is -1.33. The first-order chi connectivity index (χ1) is 9.83. The largest absolute Gasteiger partial charge is 0.344 e. The van der Waals surface area contributed by atoms with E-state index >= 15 is 0 Å². The lowest BCUT2D eigenvalue weighted by molar-refractivity contribution is 0.595. The van der Waals surface area contributed by atoms with E-state index in [1.165, 1.54) is 22.8 Å². The highest BCUT2D eigenvalue weighted by atomic mass is 32.2. The number of aryl methyl sites for hydroxylation is 2. The van der Waals surface area contributed by atoms with Gasteiger partial charge >= 0.3 is 0 Å². The number of hydrogen-bond donors (Lipinski definition) is 1. The number of hydrogen-bond acceptors (Lipinski definition) is 3. The molecule has 116 valence electrons. The Bertz CT molecular complexity index is 745. The Morgan fingerprint density at radius 2 is 1.95 bits per heavy atom. The maximum atomic E-state index is 11.4. The van der Waals surface area contributed by atoms with Gasteiger partial charge in [0.05, 0.1) is 5.75 Å². The summed E-state index contributed by atoms with van der Waals surface area (Å²) in [6, 6.07) is 6.42. The van der Waals surface area contributed by atoms with Crippen molar-refractivity contribution in [2.24, 2.45) is 0 Å². The molecule has 0 aliphatic rings. The van der Waals surface area contributed by atoms with Crippen LogP contribution in [0.4, 0.5) is 0 Å². The van der Waals surface area contributed by atoms with E-state index in [-0.39, 0.29) is 5.75 Å². The van der Waals surface area contributed by atoms with Crippen molar-refractivity contribution in [2.75, 3.05) is 18.6 Å². The monoisotopic (exact) mass is 308 g/mol. The number of sulfone groups is 1. The average Bonchev–Trinajstić information content (AvgIpc) is 2.66. The molecular formula is C16H24N2O2S. The zero-order valence-electron chi connectivity index (χ0n) is 13.2. The molecule has 0 unspecified atom stereocenters. The number of benzene rings is 1. The van der Waals surface area contributed by atoms with Crippen molar-refractivity contribution < 1.29 is 8.42 Å². The molecule has 2 aromatic rings. The van der Waals surface area contributed by atoms with Gasteiger partial charge in [0, 0.05) is 35.9 Å². The minimum absolute atomic E-state index is 0.177. The second-order valence-corrected chi connectivity index (χ2v) is 7.88. The highest BCUT2D eigenvalue weighted by Gasteiger charge is 2.13. The molecule has 1 heterocycles. The summed E-state index contributed by atoms with van der Waals surface area (Å²) < 4.78 is 24.9. The van der Waals surface area contributed by atoms with Crippen LogP contribution in [0.5, 0.6) is 0 Å². The lowest BCUT2D eigenvalue weighted by atomic mass is 10.1. The summed E-state index contributed by atoms with van der Waals surface area (Å²) >= 11 is 0. The molecule has 1 aromatic carbocycles. The van der Waals surface area contributed by atoms with Gasteiger partial charge in [-0.05, 0) is 43.7 Å². The van der Waals surface area contributed by atoms with Gasteiger partial charge in [0.15, 0.2) is 0 Å². The van der Waals surface area contributed by atoms with Crippen LogP contribution in [0.25, 0.3) is 10.9 Å². The van der Waals surface area contributed by atoms with E-state index in [4.69, 9.17) is 0 Å². The molecule has 1 N–H and O–H groups in total. The maximum absolute atomic E-state index is 11.4. The van der Waals surface area contributed by atoms with E-state index in [2.05, 4.69) is 48.9 Å². The van der Waals surface area contributed by atoms with Crippen LogP contribution in [0.15, 0.2) is 18.2 Å². The Kier molecular flexibility index (Phi) is 4.74. The third-order valence-electron chi connectivity index (χ3n) is 3.97. The molecule has 0 aliphatic carbocycles. The van der Waals surface area contributed by atoms with Gasteiger partial charge in [-0.15, -0.1) is 0 Å². The van der Waals surface area contributed by atoms with Crippen LogP contribution >= 0.6 is 0 Å². The molecule has 21 heavy (non-hydrogen) atoms. The molecule has 0 amide bonds. The van der Waals surface area contributed by atoms with Crippen molar-refractivity contribution >= 4 is 20.7 Å². The van der Waals surface area contributed by atoms with Crippen molar-refractivity contribution in [3.63, 3.8) is 0 Å². The molecule has 0 bridgehead atoms. The summed E-state index contributed by atoms with van der Waals surface area (Å²) in [5.41, 5.74) is 4.76. The fourth-order valence-electron chi connectivity index (χ4n) is 2.62. The molecule has 1 aromatic heterocycles.